The fourth-order valence-electron chi connectivity index (χ4n) is 1.80. The highest BCUT2D eigenvalue weighted by atomic mass is 32.2. The van der Waals surface area contributed by atoms with Gasteiger partial charge >= 0.3 is 5.97 Å². The summed E-state index contributed by atoms with van der Waals surface area (Å²) in [6, 6.07) is 20.2. The maximum atomic E-state index is 11.8. The molecule has 2 rings (SSSR count). The van der Waals surface area contributed by atoms with Crippen LogP contribution in [-0.4, -0.2) is 17.2 Å². The van der Waals surface area contributed by atoms with Gasteiger partial charge in [0.15, 0.2) is 5.44 Å². The lowest BCUT2D eigenvalue weighted by molar-refractivity contribution is -0.140. The summed E-state index contributed by atoms with van der Waals surface area (Å²) in [6.07, 6.45) is 0.776. The van der Waals surface area contributed by atoms with Crippen LogP contribution in [0, 0.1) is 0 Å². The van der Waals surface area contributed by atoms with E-state index in [0.717, 1.165) is 17.1 Å². The van der Waals surface area contributed by atoms with Gasteiger partial charge in [0.05, 0.1) is 0 Å². The lowest BCUT2D eigenvalue weighted by atomic mass is 10.4. The van der Waals surface area contributed by atoms with Crippen LogP contribution in [0.3, 0.4) is 0 Å². The van der Waals surface area contributed by atoms with Crippen molar-refractivity contribution in [2.24, 2.45) is 0 Å². The summed E-state index contributed by atoms with van der Waals surface area (Å²) < 4.78 is 5.56. The molecule has 0 radical (unpaired) electrons. The number of rotatable bonds is 8. The maximum Gasteiger partial charge on any atom is 0.334 e. The number of benzene rings is 2. The third-order valence-corrected chi connectivity index (χ3v) is 5.15. The van der Waals surface area contributed by atoms with Crippen molar-refractivity contribution in [1.82, 2.24) is 0 Å². The highest BCUT2D eigenvalue weighted by molar-refractivity contribution is 8.00. The molecule has 4 heteroatoms. The molecule has 0 aromatic heterocycles. The molecular formula is C19H20O2S2. The Morgan fingerprint density at radius 1 is 1.04 bits per heavy atom. The van der Waals surface area contributed by atoms with E-state index in [9.17, 15) is 4.79 Å². The van der Waals surface area contributed by atoms with Gasteiger partial charge in [-0.15, -0.1) is 11.8 Å². The second-order valence-electron chi connectivity index (χ2n) is 5.00. The van der Waals surface area contributed by atoms with Crippen LogP contribution in [0.25, 0.3) is 0 Å². The Morgan fingerprint density at radius 2 is 1.61 bits per heavy atom. The molecule has 2 aromatic rings. The quantitative estimate of drug-likeness (QED) is 0.277. The van der Waals surface area contributed by atoms with Crippen LogP contribution in [0.1, 0.15) is 13.3 Å². The van der Waals surface area contributed by atoms with E-state index in [1.165, 1.54) is 4.90 Å². The lowest BCUT2D eigenvalue weighted by Gasteiger charge is -2.17. The molecule has 0 bridgehead atoms. The molecule has 0 heterocycles. The normalized spacial score (nSPS) is 11.7. The summed E-state index contributed by atoms with van der Waals surface area (Å²) in [5, 5.41) is 0. The molecule has 23 heavy (non-hydrogen) atoms. The highest BCUT2D eigenvalue weighted by Gasteiger charge is 2.16. The molecule has 0 N–H and O–H groups in total. The Bertz CT molecular complexity index is 626. The van der Waals surface area contributed by atoms with E-state index in [1.54, 1.807) is 30.4 Å². The smallest absolute Gasteiger partial charge is 0.334 e. The minimum absolute atomic E-state index is 0.210. The molecule has 2 nitrogen and oxygen atoms in total. The first-order chi connectivity index (χ1) is 11.1. The molecule has 0 aliphatic rings. The lowest BCUT2D eigenvalue weighted by Crippen LogP contribution is -2.16. The van der Waals surface area contributed by atoms with E-state index in [4.69, 9.17) is 4.74 Å². The summed E-state index contributed by atoms with van der Waals surface area (Å²) in [4.78, 5) is 14.2. The average molecular weight is 345 g/mol. The molecule has 2 aromatic carbocycles. The van der Waals surface area contributed by atoms with Gasteiger partial charge in [-0.2, -0.15) is 0 Å². The number of carbonyl (C=O) groups is 1. The van der Waals surface area contributed by atoms with Crippen molar-refractivity contribution in [2.45, 2.75) is 28.6 Å². The SMILES string of the molecule is C=C(C)C(=O)OC(CCSc1ccccc1)Sc1ccccc1. The molecule has 0 saturated carbocycles. The van der Waals surface area contributed by atoms with Gasteiger partial charge in [-0.05, 0) is 31.2 Å². The largest absolute Gasteiger partial charge is 0.448 e. The minimum Gasteiger partial charge on any atom is -0.448 e. The molecule has 0 spiro atoms. The molecule has 1 unspecified atom stereocenters. The van der Waals surface area contributed by atoms with Crippen molar-refractivity contribution in [3.63, 3.8) is 0 Å². The predicted octanol–water partition coefficient (Wildman–Crippen LogP) is 5.41. The van der Waals surface area contributed by atoms with Gasteiger partial charge in [-0.1, -0.05) is 54.7 Å². The van der Waals surface area contributed by atoms with Gasteiger partial charge < -0.3 is 4.74 Å². The third kappa shape index (κ3) is 6.55. The van der Waals surface area contributed by atoms with Crippen LogP contribution < -0.4 is 0 Å². The molecule has 0 aliphatic heterocycles. The Labute approximate surface area is 146 Å². The number of thioether (sulfide) groups is 2. The van der Waals surface area contributed by atoms with E-state index >= 15 is 0 Å². The maximum absolute atomic E-state index is 11.8. The van der Waals surface area contributed by atoms with Crippen molar-refractivity contribution < 1.29 is 9.53 Å². The van der Waals surface area contributed by atoms with Crippen molar-refractivity contribution in [3.8, 4) is 0 Å². The van der Waals surface area contributed by atoms with Crippen LogP contribution in [0.5, 0.6) is 0 Å². The second kappa shape index (κ2) is 9.48. The zero-order valence-corrected chi connectivity index (χ0v) is 14.7. The fraction of sp³-hybridized carbons (Fsp3) is 0.211. The standard InChI is InChI=1S/C19H20O2S2/c1-15(2)19(20)21-18(23-17-11-7-4-8-12-17)13-14-22-16-9-5-3-6-10-16/h3-12,18H,1,13-14H2,2H3. The van der Waals surface area contributed by atoms with Gasteiger partial charge in [0.1, 0.15) is 0 Å². The molecule has 120 valence electrons. The Balaban J connectivity index is 1.92. The molecule has 0 fully saturated rings. The first-order valence-electron chi connectivity index (χ1n) is 7.41. The van der Waals surface area contributed by atoms with Crippen LogP contribution in [0.2, 0.25) is 0 Å². The van der Waals surface area contributed by atoms with E-state index in [2.05, 4.69) is 18.7 Å². The van der Waals surface area contributed by atoms with Crippen molar-refractivity contribution in [2.75, 3.05) is 5.75 Å². The number of ether oxygens (including phenoxy) is 1. The Hall–Kier alpha value is -1.65. The predicted molar refractivity (Wildman–Crippen MR) is 98.8 cm³/mol. The highest BCUT2D eigenvalue weighted by Crippen LogP contribution is 2.29. The van der Waals surface area contributed by atoms with Crippen molar-refractivity contribution >= 4 is 29.5 Å². The summed E-state index contributed by atoms with van der Waals surface area (Å²) in [6.45, 7) is 5.33. The monoisotopic (exact) mass is 344 g/mol. The van der Waals surface area contributed by atoms with Crippen LogP contribution in [-0.2, 0) is 9.53 Å². The zero-order chi connectivity index (χ0) is 16.5. The number of hydrogen-bond donors (Lipinski definition) is 0. The van der Waals surface area contributed by atoms with Gasteiger partial charge in [0.25, 0.3) is 0 Å². The number of carbonyl (C=O) groups excluding carboxylic acids is 1. The Morgan fingerprint density at radius 3 is 2.17 bits per heavy atom. The number of esters is 1. The van der Waals surface area contributed by atoms with Crippen molar-refractivity contribution in [1.29, 1.82) is 0 Å². The van der Waals surface area contributed by atoms with Crippen LogP contribution in [0.4, 0.5) is 0 Å². The second-order valence-corrected chi connectivity index (χ2v) is 7.40. The molecular weight excluding hydrogens is 324 g/mol. The van der Waals surface area contributed by atoms with Crippen LogP contribution in [0.15, 0.2) is 82.6 Å². The van der Waals surface area contributed by atoms with E-state index in [-0.39, 0.29) is 11.4 Å². The summed E-state index contributed by atoms with van der Waals surface area (Å²) in [5.41, 5.74) is 0.220. The third-order valence-electron chi connectivity index (χ3n) is 2.96. The Kier molecular flexibility index (Phi) is 7.30. The van der Waals surface area contributed by atoms with E-state index in [0.29, 0.717) is 5.57 Å². The zero-order valence-electron chi connectivity index (χ0n) is 13.1. The summed E-state index contributed by atoms with van der Waals surface area (Å²) >= 11 is 3.34. The van der Waals surface area contributed by atoms with Gasteiger partial charge in [0.2, 0.25) is 0 Å². The van der Waals surface area contributed by atoms with Gasteiger partial charge in [0, 0.05) is 27.5 Å². The van der Waals surface area contributed by atoms with E-state index in [1.807, 2.05) is 48.5 Å². The minimum atomic E-state index is -0.330. The molecule has 1 atom stereocenters. The molecule has 0 amide bonds. The average Bonchev–Trinajstić information content (AvgIpc) is 2.56. The molecule has 0 saturated heterocycles. The summed E-state index contributed by atoms with van der Waals surface area (Å²) in [7, 11) is 0. The fourth-order valence-corrected chi connectivity index (χ4v) is 3.86. The van der Waals surface area contributed by atoms with Crippen LogP contribution >= 0.6 is 23.5 Å². The molecule has 0 aliphatic carbocycles. The number of hydrogen-bond acceptors (Lipinski definition) is 4. The first kappa shape index (κ1) is 17.7. The van der Waals surface area contributed by atoms with Gasteiger partial charge in [-0.3, -0.25) is 0 Å². The van der Waals surface area contributed by atoms with Gasteiger partial charge in [-0.25, -0.2) is 4.79 Å². The van der Waals surface area contributed by atoms with Crippen molar-refractivity contribution in [3.05, 3.63) is 72.8 Å². The summed E-state index contributed by atoms with van der Waals surface area (Å²) in [5.74, 6) is 0.556. The van der Waals surface area contributed by atoms with E-state index < -0.39 is 0 Å². The topological polar surface area (TPSA) is 26.3 Å². The first-order valence-corrected chi connectivity index (χ1v) is 9.27.